The van der Waals surface area contributed by atoms with Crippen molar-refractivity contribution in [2.75, 3.05) is 13.2 Å². The fraction of sp³-hybridized carbons (Fsp3) is 0.375. The van der Waals surface area contributed by atoms with Crippen molar-refractivity contribution in [1.82, 2.24) is 9.88 Å². The van der Waals surface area contributed by atoms with Crippen molar-refractivity contribution in [3.8, 4) is 5.75 Å². The highest BCUT2D eigenvalue weighted by molar-refractivity contribution is 5.76. The molecule has 0 aliphatic carbocycles. The fourth-order valence-corrected chi connectivity index (χ4v) is 2.68. The molecule has 1 N–H and O–H groups in total. The summed E-state index contributed by atoms with van der Waals surface area (Å²) >= 11 is 0. The molecule has 2 aromatic rings. The Kier molecular flexibility index (Phi) is 3.85. The normalized spacial score (nSPS) is 18.4. The molecular formula is C16H18N2O4. The minimum absolute atomic E-state index is 0.337. The first-order valence-electron chi connectivity index (χ1n) is 7.17. The van der Waals surface area contributed by atoms with Crippen LogP contribution in [-0.4, -0.2) is 34.1 Å². The van der Waals surface area contributed by atoms with Crippen molar-refractivity contribution in [3.63, 3.8) is 0 Å². The lowest BCUT2D eigenvalue weighted by Gasteiger charge is -2.25. The van der Waals surface area contributed by atoms with Gasteiger partial charge in [-0.15, -0.1) is 0 Å². The molecule has 6 heteroatoms. The average molecular weight is 302 g/mol. The number of para-hydroxylation sites is 1. The number of fused-ring (bicyclic) bond motifs is 1. The molecule has 1 aromatic carbocycles. The number of benzene rings is 1. The van der Waals surface area contributed by atoms with Gasteiger partial charge in [0.15, 0.2) is 0 Å². The minimum atomic E-state index is -0.905. The SMILES string of the molecule is Cc1nc(CN2CCOc3ccccc3C2C(=O)O)oc1C. The minimum Gasteiger partial charge on any atom is -0.492 e. The molecule has 0 saturated carbocycles. The molecule has 0 fully saturated rings. The molecule has 0 bridgehead atoms. The van der Waals surface area contributed by atoms with Crippen LogP contribution < -0.4 is 4.74 Å². The molecule has 1 aliphatic heterocycles. The maximum absolute atomic E-state index is 11.8. The highest BCUT2D eigenvalue weighted by atomic mass is 16.5. The number of aliphatic carboxylic acids is 1. The van der Waals surface area contributed by atoms with Crippen molar-refractivity contribution in [2.24, 2.45) is 0 Å². The lowest BCUT2D eigenvalue weighted by atomic mass is 10.0. The maximum atomic E-state index is 11.8. The predicted molar refractivity (Wildman–Crippen MR) is 78.7 cm³/mol. The van der Waals surface area contributed by atoms with Crippen molar-refractivity contribution >= 4 is 5.97 Å². The zero-order valence-corrected chi connectivity index (χ0v) is 12.6. The molecule has 0 radical (unpaired) electrons. The number of carboxylic acids is 1. The number of aryl methyl sites for hydroxylation is 2. The molecule has 1 atom stereocenters. The Morgan fingerprint density at radius 2 is 2.18 bits per heavy atom. The Bertz CT molecular complexity index is 676. The standard InChI is InChI=1S/C16H18N2O4/c1-10-11(2)22-14(17-10)9-18-7-8-21-13-6-4-3-5-12(13)15(18)16(19)20/h3-6,15H,7-9H2,1-2H3,(H,19,20). The van der Waals surface area contributed by atoms with Crippen molar-refractivity contribution < 1.29 is 19.1 Å². The van der Waals surface area contributed by atoms with Crippen LogP contribution in [0.15, 0.2) is 28.7 Å². The molecular weight excluding hydrogens is 284 g/mol. The first kappa shape index (κ1) is 14.6. The summed E-state index contributed by atoms with van der Waals surface area (Å²) in [6, 6.07) is 6.48. The van der Waals surface area contributed by atoms with Gasteiger partial charge in [0, 0.05) is 12.1 Å². The van der Waals surface area contributed by atoms with E-state index in [2.05, 4.69) is 4.98 Å². The number of ether oxygens (including phenoxy) is 1. The van der Waals surface area contributed by atoms with E-state index in [1.807, 2.05) is 30.9 Å². The number of nitrogens with zero attached hydrogens (tertiary/aromatic N) is 2. The Labute approximate surface area is 128 Å². The molecule has 6 nitrogen and oxygen atoms in total. The van der Waals surface area contributed by atoms with Gasteiger partial charge < -0.3 is 14.3 Å². The summed E-state index contributed by atoms with van der Waals surface area (Å²) in [4.78, 5) is 18.0. The topological polar surface area (TPSA) is 75.8 Å². The molecule has 0 saturated heterocycles. The highest BCUT2D eigenvalue weighted by Gasteiger charge is 2.33. The van der Waals surface area contributed by atoms with Crippen LogP contribution in [0.2, 0.25) is 0 Å². The molecule has 0 spiro atoms. The van der Waals surface area contributed by atoms with E-state index in [1.165, 1.54) is 0 Å². The molecule has 1 aromatic heterocycles. The van der Waals surface area contributed by atoms with E-state index in [1.54, 1.807) is 12.1 Å². The van der Waals surface area contributed by atoms with E-state index in [0.717, 1.165) is 11.5 Å². The van der Waals surface area contributed by atoms with Crippen LogP contribution in [-0.2, 0) is 11.3 Å². The van der Waals surface area contributed by atoms with Gasteiger partial charge in [-0.1, -0.05) is 18.2 Å². The average Bonchev–Trinajstić information content (AvgIpc) is 2.69. The van der Waals surface area contributed by atoms with Crippen LogP contribution in [0.3, 0.4) is 0 Å². The highest BCUT2D eigenvalue weighted by Crippen LogP contribution is 2.33. The van der Waals surface area contributed by atoms with Crippen molar-refractivity contribution in [3.05, 3.63) is 47.2 Å². The van der Waals surface area contributed by atoms with E-state index < -0.39 is 12.0 Å². The summed E-state index contributed by atoms with van der Waals surface area (Å²) in [5.74, 6) is 1.00. The Hall–Kier alpha value is -2.34. The quantitative estimate of drug-likeness (QED) is 0.937. The lowest BCUT2D eigenvalue weighted by Crippen LogP contribution is -2.34. The molecule has 3 rings (SSSR count). The van der Waals surface area contributed by atoms with Gasteiger partial charge in [-0.25, -0.2) is 4.98 Å². The first-order valence-corrected chi connectivity index (χ1v) is 7.17. The number of hydrogen-bond acceptors (Lipinski definition) is 5. The number of carbonyl (C=O) groups is 1. The molecule has 0 amide bonds. The number of hydrogen-bond donors (Lipinski definition) is 1. The van der Waals surface area contributed by atoms with Gasteiger partial charge >= 0.3 is 5.97 Å². The molecule has 1 unspecified atom stereocenters. The summed E-state index contributed by atoms with van der Waals surface area (Å²) < 4.78 is 11.3. The van der Waals surface area contributed by atoms with Crippen LogP contribution >= 0.6 is 0 Å². The van der Waals surface area contributed by atoms with E-state index in [0.29, 0.717) is 36.9 Å². The first-order chi connectivity index (χ1) is 10.6. The van der Waals surface area contributed by atoms with Crippen molar-refractivity contribution in [1.29, 1.82) is 0 Å². The molecule has 116 valence electrons. The van der Waals surface area contributed by atoms with E-state index in [4.69, 9.17) is 9.15 Å². The fourth-order valence-electron chi connectivity index (χ4n) is 2.68. The summed E-state index contributed by atoms with van der Waals surface area (Å²) in [6.07, 6.45) is 0. The van der Waals surface area contributed by atoms with E-state index in [-0.39, 0.29) is 0 Å². The van der Waals surface area contributed by atoms with Crippen LogP contribution in [0.5, 0.6) is 5.75 Å². The third-order valence-corrected chi connectivity index (χ3v) is 3.86. The van der Waals surface area contributed by atoms with Crippen LogP contribution in [0.4, 0.5) is 0 Å². The zero-order valence-electron chi connectivity index (χ0n) is 12.6. The van der Waals surface area contributed by atoms with Gasteiger partial charge in [0.25, 0.3) is 0 Å². The van der Waals surface area contributed by atoms with Crippen LogP contribution in [0.1, 0.15) is 29.0 Å². The van der Waals surface area contributed by atoms with E-state index in [9.17, 15) is 9.90 Å². The smallest absolute Gasteiger partial charge is 0.325 e. The Morgan fingerprint density at radius 3 is 2.86 bits per heavy atom. The molecule has 1 aliphatic rings. The molecule has 22 heavy (non-hydrogen) atoms. The number of aromatic nitrogens is 1. The number of carboxylic acid groups (broad SMARTS) is 1. The second-order valence-corrected chi connectivity index (χ2v) is 5.35. The largest absolute Gasteiger partial charge is 0.492 e. The van der Waals surface area contributed by atoms with Crippen LogP contribution in [0.25, 0.3) is 0 Å². The number of rotatable bonds is 3. The second-order valence-electron chi connectivity index (χ2n) is 5.35. The summed E-state index contributed by atoms with van der Waals surface area (Å²) in [7, 11) is 0. The van der Waals surface area contributed by atoms with Crippen molar-refractivity contribution in [2.45, 2.75) is 26.4 Å². The molecule has 2 heterocycles. The third-order valence-electron chi connectivity index (χ3n) is 3.86. The van der Waals surface area contributed by atoms with Gasteiger partial charge in [0.05, 0.1) is 12.2 Å². The van der Waals surface area contributed by atoms with Gasteiger partial charge in [-0.05, 0) is 19.9 Å². The predicted octanol–water partition coefficient (Wildman–Crippen LogP) is 2.31. The van der Waals surface area contributed by atoms with Gasteiger partial charge in [0.2, 0.25) is 5.89 Å². The van der Waals surface area contributed by atoms with Gasteiger partial charge in [-0.3, -0.25) is 9.69 Å². The maximum Gasteiger partial charge on any atom is 0.325 e. The summed E-state index contributed by atoms with van der Waals surface area (Å²) in [6.45, 7) is 4.98. The third kappa shape index (κ3) is 2.69. The zero-order chi connectivity index (χ0) is 15.7. The van der Waals surface area contributed by atoms with E-state index >= 15 is 0 Å². The summed E-state index contributed by atoms with van der Waals surface area (Å²) in [5, 5.41) is 9.67. The Morgan fingerprint density at radius 1 is 1.41 bits per heavy atom. The van der Waals surface area contributed by atoms with Gasteiger partial charge in [-0.2, -0.15) is 0 Å². The monoisotopic (exact) mass is 302 g/mol. The Balaban J connectivity index is 1.94. The van der Waals surface area contributed by atoms with Crippen LogP contribution in [0, 0.1) is 13.8 Å². The van der Waals surface area contributed by atoms with Gasteiger partial charge in [0.1, 0.15) is 24.2 Å². The second kappa shape index (κ2) is 5.81. The summed E-state index contributed by atoms with van der Waals surface area (Å²) in [5.41, 5.74) is 1.49. The lowest BCUT2D eigenvalue weighted by molar-refractivity contribution is -0.143. The number of oxazole rings is 1.